The number of anilines is 2. The molecule has 0 spiro atoms. The second kappa shape index (κ2) is 6.16. The number of aryl methyl sites for hydroxylation is 1. The van der Waals surface area contributed by atoms with Crippen LogP contribution in [0, 0.1) is 10.1 Å². The Balaban J connectivity index is 2.30. The van der Waals surface area contributed by atoms with Crippen molar-refractivity contribution < 1.29 is 4.92 Å². The van der Waals surface area contributed by atoms with Crippen LogP contribution in [0.5, 0.6) is 0 Å². The molecule has 0 bridgehead atoms. The lowest BCUT2D eigenvalue weighted by atomic mass is 10.3. The molecular weight excluding hydrogens is 274 g/mol. The minimum absolute atomic E-state index is 0.0781. The van der Waals surface area contributed by atoms with Crippen LogP contribution in [0.15, 0.2) is 18.5 Å². The maximum atomic E-state index is 11.1. The summed E-state index contributed by atoms with van der Waals surface area (Å²) < 4.78 is 1.75. The van der Waals surface area contributed by atoms with Gasteiger partial charge >= 0.3 is 5.69 Å². The van der Waals surface area contributed by atoms with E-state index in [0.29, 0.717) is 18.2 Å². The third-order valence-corrected chi connectivity index (χ3v) is 2.92. The minimum atomic E-state index is -0.464. The highest BCUT2D eigenvalue weighted by atomic mass is 16.6. The van der Waals surface area contributed by atoms with Crippen LogP contribution in [0.2, 0.25) is 0 Å². The second-order valence-corrected chi connectivity index (χ2v) is 4.52. The number of rotatable bonds is 6. The molecule has 0 aromatic carbocycles. The first-order valence-corrected chi connectivity index (χ1v) is 6.52. The van der Waals surface area contributed by atoms with E-state index in [4.69, 9.17) is 0 Å². The molecule has 9 heteroatoms. The van der Waals surface area contributed by atoms with Gasteiger partial charge < -0.3 is 15.2 Å². The van der Waals surface area contributed by atoms with Crippen molar-refractivity contribution in [2.75, 3.05) is 17.2 Å². The van der Waals surface area contributed by atoms with Gasteiger partial charge in [0, 0.05) is 19.7 Å². The number of nitro groups is 1. The fourth-order valence-corrected chi connectivity index (χ4v) is 1.94. The smallest absolute Gasteiger partial charge is 0.311 e. The first-order chi connectivity index (χ1) is 10.0. The normalized spacial score (nSPS) is 12.0. The summed E-state index contributed by atoms with van der Waals surface area (Å²) in [6.07, 6.45) is 1.57. The summed E-state index contributed by atoms with van der Waals surface area (Å²) in [6, 6.07) is 2.75. The van der Waals surface area contributed by atoms with E-state index in [1.807, 2.05) is 20.9 Å². The Labute approximate surface area is 121 Å². The first kappa shape index (κ1) is 14.7. The van der Waals surface area contributed by atoms with Crippen molar-refractivity contribution in [3.63, 3.8) is 0 Å². The highest BCUT2D eigenvalue weighted by Gasteiger charge is 2.20. The second-order valence-electron chi connectivity index (χ2n) is 4.52. The van der Waals surface area contributed by atoms with Crippen LogP contribution in [-0.4, -0.2) is 31.2 Å². The molecule has 1 atom stereocenters. The first-order valence-electron chi connectivity index (χ1n) is 6.52. The predicted octanol–water partition coefficient (Wildman–Crippen LogP) is 1.72. The molecule has 0 saturated carbocycles. The number of nitrogens with zero attached hydrogens (tertiary/aromatic N) is 5. The summed E-state index contributed by atoms with van der Waals surface area (Å²) in [7, 11) is 1.81. The molecule has 1 unspecified atom stereocenters. The largest absolute Gasteiger partial charge is 0.370 e. The molecule has 2 rings (SSSR count). The van der Waals surface area contributed by atoms with Gasteiger partial charge in [0.15, 0.2) is 5.82 Å². The quantitative estimate of drug-likeness (QED) is 0.615. The van der Waals surface area contributed by atoms with Gasteiger partial charge in [-0.3, -0.25) is 10.1 Å². The van der Waals surface area contributed by atoms with Crippen LogP contribution in [0.25, 0.3) is 0 Å². The van der Waals surface area contributed by atoms with E-state index in [1.165, 1.54) is 6.07 Å². The summed E-state index contributed by atoms with van der Waals surface area (Å²) in [5.74, 6) is 1.45. The maximum absolute atomic E-state index is 11.1. The summed E-state index contributed by atoms with van der Waals surface area (Å²) in [6.45, 7) is 4.46. The number of nitrogens with one attached hydrogen (secondary N) is 2. The van der Waals surface area contributed by atoms with E-state index >= 15 is 0 Å². The highest BCUT2D eigenvalue weighted by molar-refractivity contribution is 5.60. The van der Waals surface area contributed by atoms with E-state index in [1.54, 1.807) is 17.0 Å². The fraction of sp³-hybridized carbons (Fsp3) is 0.417. The average Bonchev–Trinajstić information content (AvgIpc) is 2.85. The Hall–Kier alpha value is -2.71. The maximum Gasteiger partial charge on any atom is 0.311 e. The molecule has 2 aromatic heterocycles. The van der Waals surface area contributed by atoms with Crippen LogP contribution in [-0.2, 0) is 7.05 Å². The van der Waals surface area contributed by atoms with Gasteiger partial charge in [-0.05, 0) is 19.9 Å². The number of hydrogen-bond acceptors (Lipinski definition) is 7. The summed E-state index contributed by atoms with van der Waals surface area (Å²) in [5.41, 5.74) is -0.0781. The SMILES string of the molecule is CCNc1ccc([N+](=O)[O-])c(NC(C)c2nncn2C)n1. The van der Waals surface area contributed by atoms with Gasteiger partial charge in [0.1, 0.15) is 12.1 Å². The number of hydrogen-bond donors (Lipinski definition) is 2. The molecule has 21 heavy (non-hydrogen) atoms. The van der Waals surface area contributed by atoms with Crippen LogP contribution >= 0.6 is 0 Å². The Morgan fingerprint density at radius 1 is 1.48 bits per heavy atom. The van der Waals surface area contributed by atoms with Gasteiger partial charge in [-0.1, -0.05) is 0 Å². The zero-order valence-corrected chi connectivity index (χ0v) is 12.1. The lowest BCUT2D eigenvalue weighted by Crippen LogP contribution is -2.14. The van der Waals surface area contributed by atoms with Crippen molar-refractivity contribution in [2.45, 2.75) is 19.9 Å². The van der Waals surface area contributed by atoms with Gasteiger partial charge in [-0.2, -0.15) is 0 Å². The molecule has 0 aliphatic heterocycles. The van der Waals surface area contributed by atoms with Crippen molar-refractivity contribution >= 4 is 17.3 Å². The van der Waals surface area contributed by atoms with Crippen molar-refractivity contribution in [3.05, 3.63) is 34.4 Å². The molecular formula is C12H17N7O2. The Bertz CT molecular complexity index is 640. The van der Waals surface area contributed by atoms with E-state index in [0.717, 1.165) is 0 Å². The minimum Gasteiger partial charge on any atom is -0.370 e. The average molecular weight is 291 g/mol. The summed E-state index contributed by atoms with van der Waals surface area (Å²) >= 11 is 0. The van der Waals surface area contributed by atoms with Crippen LogP contribution in [0.3, 0.4) is 0 Å². The zero-order chi connectivity index (χ0) is 15.4. The third-order valence-electron chi connectivity index (χ3n) is 2.92. The highest BCUT2D eigenvalue weighted by Crippen LogP contribution is 2.27. The molecule has 0 radical (unpaired) electrons. The van der Waals surface area contributed by atoms with Gasteiger partial charge in [0.25, 0.3) is 0 Å². The number of pyridine rings is 1. The molecule has 2 aromatic rings. The van der Waals surface area contributed by atoms with Crippen LogP contribution < -0.4 is 10.6 Å². The Kier molecular flexibility index (Phi) is 4.31. The van der Waals surface area contributed by atoms with E-state index < -0.39 is 4.92 Å². The Morgan fingerprint density at radius 2 is 2.24 bits per heavy atom. The molecule has 0 amide bonds. The monoisotopic (exact) mass is 291 g/mol. The lowest BCUT2D eigenvalue weighted by Gasteiger charge is -2.14. The molecule has 0 aliphatic rings. The van der Waals surface area contributed by atoms with Crippen molar-refractivity contribution in [2.24, 2.45) is 7.05 Å². The van der Waals surface area contributed by atoms with Crippen molar-refractivity contribution in [1.82, 2.24) is 19.7 Å². The topological polar surface area (TPSA) is 111 Å². The van der Waals surface area contributed by atoms with Gasteiger partial charge in [0.2, 0.25) is 5.82 Å². The zero-order valence-electron chi connectivity index (χ0n) is 12.1. The van der Waals surface area contributed by atoms with E-state index in [-0.39, 0.29) is 17.5 Å². The van der Waals surface area contributed by atoms with E-state index in [9.17, 15) is 10.1 Å². The molecule has 112 valence electrons. The summed E-state index contributed by atoms with van der Waals surface area (Å²) in [5, 5.41) is 24.9. The van der Waals surface area contributed by atoms with Crippen molar-refractivity contribution in [1.29, 1.82) is 0 Å². The van der Waals surface area contributed by atoms with Crippen molar-refractivity contribution in [3.8, 4) is 0 Å². The molecule has 0 fully saturated rings. The van der Waals surface area contributed by atoms with Gasteiger partial charge in [0.05, 0.1) is 11.0 Å². The van der Waals surface area contributed by atoms with Crippen LogP contribution in [0.1, 0.15) is 25.7 Å². The third kappa shape index (κ3) is 3.25. The van der Waals surface area contributed by atoms with Gasteiger partial charge in [-0.15, -0.1) is 10.2 Å². The molecule has 2 N–H and O–H groups in total. The van der Waals surface area contributed by atoms with E-state index in [2.05, 4.69) is 25.8 Å². The summed E-state index contributed by atoms with van der Waals surface area (Å²) in [4.78, 5) is 14.9. The molecule has 0 saturated heterocycles. The number of aromatic nitrogens is 4. The van der Waals surface area contributed by atoms with Gasteiger partial charge in [-0.25, -0.2) is 4.98 Å². The predicted molar refractivity (Wildman–Crippen MR) is 78.1 cm³/mol. The molecule has 0 aliphatic carbocycles. The Morgan fingerprint density at radius 3 is 2.81 bits per heavy atom. The molecule has 9 nitrogen and oxygen atoms in total. The van der Waals surface area contributed by atoms with Crippen LogP contribution in [0.4, 0.5) is 17.3 Å². The fourth-order valence-electron chi connectivity index (χ4n) is 1.94. The molecule has 2 heterocycles. The standard InChI is InChI=1S/C12H17N7O2/c1-4-13-10-6-5-9(19(20)21)11(16-10)15-8(2)12-17-14-7-18(12)3/h5-8H,4H2,1-3H3,(H2,13,15,16). The lowest BCUT2D eigenvalue weighted by molar-refractivity contribution is -0.384.